The first-order valence-electron chi connectivity index (χ1n) is 5.89. The Labute approximate surface area is 115 Å². The van der Waals surface area contributed by atoms with E-state index < -0.39 is 0 Å². The van der Waals surface area contributed by atoms with Crippen LogP contribution in [-0.2, 0) is 0 Å². The first-order chi connectivity index (χ1) is 9.22. The Morgan fingerprint density at radius 3 is 2.53 bits per heavy atom. The number of hydrogen-bond acceptors (Lipinski definition) is 3. The van der Waals surface area contributed by atoms with Gasteiger partial charge in [-0.3, -0.25) is 0 Å². The predicted octanol–water partition coefficient (Wildman–Crippen LogP) is 4.37. The van der Waals surface area contributed by atoms with Crippen LogP contribution in [0.25, 0.3) is 22.8 Å². The third-order valence-corrected chi connectivity index (χ3v) is 3.04. The van der Waals surface area contributed by atoms with E-state index in [1.54, 1.807) is 0 Å². The van der Waals surface area contributed by atoms with Crippen LogP contribution in [0.1, 0.15) is 5.56 Å². The van der Waals surface area contributed by atoms with Crippen LogP contribution in [0.3, 0.4) is 0 Å². The van der Waals surface area contributed by atoms with Crippen molar-refractivity contribution < 1.29 is 4.52 Å². The third kappa shape index (κ3) is 2.51. The van der Waals surface area contributed by atoms with E-state index in [0.29, 0.717) is 16.7 Å². The number of halogens is 1. The first-order valence-corrected chi connectivity index (χ1v) is 6.27. The normalized spacial score (nSPS) is 10.6. The highest BCUT2D eigenvalue weighted by atomic mass is 35.5. The van der Waals surface area contributed by atoms with Crippen LogP contribution in [0.5, 0.6) is 0 Å². The second-order valence-electron chi connectivity index (χ2n) is 4.30. The molecule has 94 valence electrons. The molecule has 0 aliphatic heterocycles. The van der Waals surface area contributed by atoms with Gasteiger partial charge in [0.25, 0.3) is 5.89 Å². The van der Waals surface area contributed by atoms with Gasteiger partial charge in [0, 0.05) is 16.1 Å². The standard InChI is InChI=1S/C15H11ClN2O/c1-10-5-7-11(8-6-10)15-17-14(18-19-15)12-3-2-4-13(16)9-12/h2-9H,1H3. The zero-order valence-corrected chi connectivity index (χ0v) is 11.1. The molecule has 0 radical (unpaired) electrons. The maximum Gasteiger partial charge on any atom is 0.258 e. The molecule has 1 heterocycles. The van der Waals surface area contributed by atoms with Crippen molar-refractivity contribution in [3.63, 3.8) is 0 Å². The molecule has 0 atom stereocenters. The maximum atomic E-state index is 5.95. The molecule has 0 bridgehead atoms. The molecule has 1 aromatic heterocycles. The molecule has 0 fully saturated rings. The minimum atomic E-state index is 0.509. The fraction of sp³-hybridized carbons (Fsp3) is 0.0667. The lowest BCUT2D eigenvalue weighted by Crippen LogP contribution is -1.81. The van der Waals surface area contributed by atoms with Crippen LogP contribution in [-0.4, -0.2) is 10.1 Å². The lowest BCUT2D eigenvalue weighted by Gasteiger charge is -1.95. The third-order valence-electron chi connectivity index (χ3n) is 2.81. The zero-order chi connectivity index (χ0) is 13.2. The van der Waals surface area contributed by atoms with Crippen LogP contribution >= 0.6 is 11.6 Å². The number of hydrogen-bond donors (Lipinski definition) is 0. The Bertz CT molecular complexity index is 704. The molecule has 0 unspecified atom stereocenters. The number of aryl methyl sites for hydroxylation is 1. The highest BCUT2D eigenvalue weighted by molar-refractivity contribution is 6.30. The second kappa shape index (κ2) is 4.86. The van der Waals surface area contributed by atoms with E-state index >= 15 is 0 Å². The fourth-order valence-electron chi connectivity index (χ4n) is 1.78. The molecule has 0 N–H and O–H groups in total. The van der Waals surface area contributed by atoms with Gasteiger partial charge in [0.1, 0.15) is 0 Å². The van der Waals surface area contributed by atoms with E-state index in [1.807, 2.05) is 55.5 Å². The molecule has 3 aromatic rings. The summed E-state index contributed by atoms with van der Waals surface area (Å²) >= 11 is 5.95. The molecular formula is C15H11ClN2O. The summed E-state index contributed by atoms with van der Waals surface area (Å²) in [5.74, 6) is 1.05. The van der Waals surface area contributed by atoms with Gasteiger partial charge in [0.05, 0.1) is 0 Å². The van der Waals surface area contributed by atoms with E-state index in [1.165, 1.54) is 5.56 Å². The van der Waals surface area contributed by atoms with Gasteiger partial charge in [-0.15, -0.1) is 0 Å². The van der Waals surface area contributed by atoms with Crippen LogP contribution in [0.15, 0.2) is 53.1 Å². The Hall–Kier alpha value is -2.13. The largest absolute Gasteiger partial charge is 0.334 e. The van der Waals surface area contributed by atoms with Gasteiger partial charge in [0.15, 0.2) is 0 Å². The zero-order valence-electron chi connectivity index (χ0n) is 10.3. The minimum Gasteiger partial charge on any atom is -0.334 e. The topological polar surface area (TPSA) is 38.9 Å². The Morgan fingerprint density at radius 1 is 1.00 bits per heavy atom. The quantitative estimate of drug-likeness (QED) is 0.694. The summed E-state index contributed by atoms with van der Waals surface area (Å²) in [7, 11) is 0. The van der Waals surface area contributed by atoms with Crippen molar-refractivity contribution in [3.05, 3.63) is 59.1 Å². The van der Waals surface area contributed by atoms with Crippen LogP contribution in [0.2, 0.25) is 5.02 Å². The maximum absolute atomic E-state index is 5.95. The van der Waals surface area contributed by atoms with E-state index in [4.69, 9.17) is 16.1 Å². The van der Waals surface area contributed by atoms with Crippen molar-refractivity contribution in [2.75, 3.05) is 0 Å². The molecule has 0 saturated carbocycles. The van der Waals surface area contributed by atoms with Gasteiger partial charge in [-0.2, -0.15) is 4.98 Å². The van der Waals surface area contributed by atoms with Crippen LogP contribution in [0, 0.1) is 6.92 Å². The molecular weight excluding hydrogens is 260 g/mol. The van der Waals surface area contributed by atoms with Crippen molar-refractivity contribution in [1.82, 2.24) is 10.1 Å². The molecule has 0 spiro atoms. The summed E-state index contributed by atoms with van der Waals surface area (Å²) < 4.78 is 5.28. The summed E-state index contributed by atoms with van der Waals surface area (Å²) in [5, 5.41) is 4.63. The second-order valence-corrected chi connectivity index (χ2v) is 4.74. The Kier molecular flexibility index (Phi) is 3.05. The van der Waals surface area contributed by atoms with Crippen LogP contribution in [0.4, 0.5) is 0 Å². The first kappa shape index (κ1) is 11.9. The van der Waals surface area contributed by atoms with Gasteiger partial charge in [-0.1, -0.05) is 46.6 Å². The highest BCUT2D eigenvalue weighted by Crippen LogP contribution is 2.24. The monoisotopic (exact) mass is 270 g/mol. The van der Waals surface area contributed by atoms with Gasteiger partial charge in [0.2, 0.25) is 5.82 Å². The van der Waals surface area contributed by atoms with Gasteiger partial charge < -0.3 is 4.52 Å². The van der Waals surface area contributed by atoms with E-state index in [-0.39, 0.29) is 0 Å². The minimum absolute atomic E-state index is 0.509. The SMILES string of the molecule is Cc1ccc(-c2nc(-c3cccc(Cl)c3)no2)cc1. The van der Waals surface area contributed by atoms with E-state index in [2.05, 4.69) is 10.1 Å². The van der Waals surface area contributed by atoms with Crippen molar-refractivity contribution in [3.8, 4) is 22.8 Å². The average Bonchev–Trinajstić information content (AvgIpc) is 2.89. The molecule has 19 heavy (non-hydrogen) atoms. The lowest BCUT2D eigenvalue weighted by molar-refractivity contribution is 0.432. The summed E-state index contributed by atoms with van der Waals surface area (Å²) in [6.45, 7) is 2.04. The van der Waals surface area contributed by atoms with E-state index in [9.17, 15) is 0 Å². The fourth-order valence-corrected chi connectivity index (χ4v) is 1.97. The molecule has 3 rings (SSSR count). The van der Waals surface area contributed by atoms with Crippen molar-refractivity contribution >= 4 is 11.6 Å². The number of aromatic nitrogens is 2. The summed E-state index contributed by atoms with van der Waals surface area (Å²) in [4.78, 5) is 4.39. The van der Waals surface area contributed by atoms with E-state index in [0.717, 1.165) is 11.1 Å². The molecule has 0 aliphatic carbocycles. The lowest BCUT2D eigenvalue weighted by atomic mass is 10.1. The number of rotatable bonds is 2. The smallest absolute Gasteiger partial charge is 0.258 e. The van der Waals surface area contributed by atoms with Gasteiger partial charge >= 0.3 is 0 Å². The molecule has 2 aromatic carbocycles. The summed E-state index contributed by atoms with van der Waals surface area (Å²) in [5.41, 5.74) is 2.94. The van der Waals surface area contributed by atoms with Gasteiger partial charge in [-0.25, -0.2) is 0 Å². The molecule has 0 amide bonds. The van der Waals surface area contributed by atoms with Crippen molar-refractivity contribution in [2.45, 2.75) is 6.92 Å². The molecule has 4 heteroatoms. The summed E-state index contributed by atoms with van der Waals surface area (Å²) in [6.07, 6.45) is 0. The molecule has 3 nitrogen and oxygen atoms in total. The Balaban J connectivity index is 1.97. The molecule has 0 saturated heterocycles. The number of benzene rings is 2. The summed E-state index contributed by atoms with van der Waals surface area (Å²) in [6, 6.07) is 15.3. The average molecular weight is 271 g/mol. The predicted molar refractivity (Wildman–Crippen MR) is 74.9 cm³/mol. The highest BCUT2D eigenvalue weighted by Gasteiger charge is 2.10. The van der Waals surface area contributed by atoms with Gasteiger partial charge in [-0.05, 0) is 31.2 Å². The van der Waals surface area contributed by atoms with Crippen molar-refractivity contribution in [2.24, 2.45) is 0 Å². The number of nitrogens with zero attached hydrogens (tertiary/aromatic N) is 2. The van der Waals surface area contributed by atoms with Crippen LogP contribution < -0.4 is 0 Å². The van der Waals surface area contributed by atoms with Crippen molar-refractivity contribution in [1.29, 1.82) is 0 Å². The molecule has 0 aliphatic rings. The Morgan fingerprint density at radius 2 is 1.79 bits per heavy atom.